The minimum absolute atomic E-state index is 0.00347. The highest BCUT2D eigenvalue weighted by molar-refractivity contribution is 7.98. The van der Waals surface area contributed by atoms with Crippen molar-refractivity contribution in [1.82, 2.24) is 20.1 Å². The van der Waals surface area contributed by atoms with Crippen molar-refractivity contribution in [3.63, 3.8) is 0 Å². The molecule has 0 atom stereocenters. The van der Waals surface area contributed by atoms with E-state index in [-0.39, 0.29) is 5.91 Å². The second-order valence-corrected chi connectivity index (χ2v) is 9.38. The van der Waals surface area contributed by atoms with E-state index in [4.69, 9.17) is 4.74 Å². The van der Waals surface area contributed by atoms with E-state index in [1.54, 1.807) is 18.9 Å². The Morgan fingerprint density at radius 1 is 1.06 bits per heavy atom. The molecule has 172 valence electrons. The summed E-state index contributed by atoms with van der Waals surface area (Å²) in [5.41, 5.74) is 4.95. The molecule has 1 fully saturated rings. The van der Waals surface area contributed by atoms with E-state index in [0.29, 0.717) is 17.4 Å². The fourth-order valence-corrected chi connectivity index (χ4v) is 4.54. The maximum absolute atomic E-state index is 12.2. The van der Waals surface area contributed by atoms with Crippen LogP contribution in [0.5, 0.6) is 5.75 Å². The Hall–Kier alpha value is -3.58. The average Bonchev–Trinajstić information content (AvgIpc) is 3.59. The highest BCUT2D eigenvalue weighted by Gasteiger charge is 2.23. The van der Waals surface area contributed by atoms with Crippen molar-refractivity contribution in [2.24, 2.45) is 0 Å². The van der Waals surface area contributed by atoms with Crippen molar-refractivity contribution in [2.45, 2.75) is 36.7 Å². The topological polar surface area (TPSA) is 69.0 Å². The minimum atomic E-state index is 0.00347. The molecule has 1 heterocycles. The Kier molecular flexibility index (Phi) is 6.36. The molecular weight excluding hydrogens is 444 g/mol. The molecule has 6 nitrogen and oxygen atoms in total. The first-order chi connectivity index (χ1) is 16.6. The Labute approximate surface area is 203 Å². The summed E-state index contributed by atoms with van der Waals surface area (Å²) in [6.45, 7) is 2.07. The summed E-state index contributed by atoms with van der Waals surface area (Å²) in [6.07, 6.45) is 2.17. The second kappa shape index (κ2) is 9.73. The average molecular weight is 471 g/mol. The predicted molar refractivity (Wildman–Crippen MR) is 135 cm³/mol. The summed E-state index contributed by atoms with van der Waals surface area (Å²) in [7, 11) is 1.66. The number of thioether (sulfide) groups is 1. The monoisotopic (exact) mass is 470 g/mol. The number of hydrogen-bond donors (Lipinski definition) is 1. The molecule has 3 aromatic carbocycles. The van der Waals surface area contributed by atoms with Gasteiger partial charge >= 0.3 is 0 Å². The lowest BCUT2D eigenvalue weighted by molar-refractivity contribution is 0.0951. The van der Waals surface area contributed by atoms with Crippen LogP contribution in [0.25, 0.3) is 17.1 Å². The lowest BCUT2D eigenvalue weighted by Gasteiger charge is -2.11. The zero-order valence-corrected chi connectivity index (χ0v) is 20.0. The molecule has 1 amide bonds. The zero-order valence-electron chi connectivity index (χ0n) is 19.2. The fourth-order valence-electron chi connectivity index (χ4n) is 3.64. The number of ether oxygens (including phenoxy) is 1. The molecule has 0 aliphatic heterocycles. The first kappa shape index (κ1) is 22.2. The number of amides is 1. The maximum Gasteiger partial charge on any atom is 0.251 e. The van der Waals surface area contributed by atoms with Crippen LogP contribution < -0.4 is 10.1 Å². The van der Waals surface area contributed by atoms with Crippen LogP contribution in [0.2, 0.25) is 0 Å². The Balaban J connectivity index is 1.40. The lowest BCUT2D eigenvalue weighted by Crippen LogP contribution is -2.25. The summed E-state index contributed by atoms with van der Waals surface area (Å²) in [5, 5.41) is 12.9. The molecule has 0 unspecified atom stereocenters. The van der Waals surface area contributed by atoms with Crippen LogP contribution in [0.3, 0.4) is 0 Å². The van der Waals surface area contributed by atoms with Gasteiger partial charge in [-0.2, -0.15) is 0 Å². The molecule has 0 radical (unpaired) electrons. The smallest absolute Gasteiger partial charge is 0.251 e. The van der Waals surface area contributed by atoms with Gasteiger partial charge in [0.2, 0.25) is 0 Å². The molecule has 1 N–H and O–H groups in total. The third-order valence-electron chi connectivity index (χ3n) is 5.75. The summed E-state index contributed by atoms with van der Waals surface area (Å²) in [6, 6.07) is 24.3. The first-order valence-electron chi connectivity index (χ1n) is 11.3. The van der Waals surface area contributed by atoms with Crippen LogP contribution >= 0.6 is 11.8 Å². The highest BCUT2D eigenvalue weighted by atomic mass is 32.2. The van der Waals surface area contributed by atoms with Gasteiger partial charge < -0.3 is 10.1 Å². The third kappa shape index (κ3) is 4.99. The number of nitrogens with zero attached hydrogens (tertiary/aromatic N) is 3. The molecule has 0 bridgehead atoms. The van der Waals surface area contributed by atoms with Crippen LogP contribution in [-0.2, 0) is 5.75 Å². The number of aryl methyl sites for hydroxylation is 1. The number of carbonyl (C=O) groups is 1. The van der Waals surface area contributed by atoms with E-state index in [9.17, 15) is 4.79 Å². The molecule has 5 rings (SSSR count). The predicted octanol–water partition coefficient (Wildman–Crippen LogP) is 5.44. The largest absolute Gasteiger partial charge is 0.497 e. The van der Waals surface area contributed by atoms with Crippen molar-refractivity contribution in [2.75, 3.05) is 7.11 Å². The van der Waals surface area contributed by atoms with Gasteiger partial charge in [-0.25, -0.2) is 0 Å². The first-order valence-corrected chi connectivity index (χ1v) is 12.3. The Bertz CT molecular complexity index is 1300. The van der Waals surface area contributed by atoms with Crippen molar-refractivity contribution >= 4 is 17.7 Å². The zero-order chi connectivity index (χ0) is 23.5. The van der Waals surface area contributed by atoms with Gasteiger partial charge in [0.1, 0.15) is 5.75 Å². The van der Waals surface area contributed by atoms with Crippen LogP contribution in [0.15, 0.2) is 78.0 Å². The molecule has 34 heavy (non-hydrogen) atoms. The molecule has 1 saturated carbocycles. The van der Waals surface area contributed by atoms with Crippen LogP contribution in [-0.4, -0.2) is 33.8 Å². The van der Waals surface area contributed by atoms with E-state index in [1.807, 2.05) is 48.5 Å². The Morgan fingerprint density at radius 2 is 1.82 bits per heavy atom. The summed E-state index contributed by atoms with van der Waals surface area (Å²) in [4.78, 5) is 12.2. The highest BCUT2D eigenvalue weighted by Crippen LogP contribution is 2.31. The van der Waals surface area contributed by atoms with Gasteiger partial charge in [-0.05, 0) is 61.7 Å². The van der Waals surface area contributed by atoms with Crippen LogP contribution in [0.4, 0.5) is 0 Å². The van der Waals surface area contributed by atoms with Crippen molar-refractivity contribution in [3.8, 4) is 22.8 Å². The molecule has 4 aromatic rings. The standard InChI is InChI=1S/C27H26N4O2S/c1-18-6-14-23(15-7-18)31-25(21-4-3-5-24(16-21)33-2)29-30-27(31)34-17-19-8-10-20(11-9-19)26(32)28-22-12-13-22/h3-11,14-16,22H,12-13,17H2,1-2H3,(H,28,32). The SMILES string of the molecule is COc1cccc(-c2nnc(SCc3ccc(C(=O)NC4CC4)cc3)n2-c2ccc(C)cc2)c1. The quantitative estimate of drug-likeness (QED) is 0.348. The van der Waals surface area contributed by atoms with E-state index in [2.05, 4.69) is 51.3 Å². The number of benzene rings is 3. The number of hydrogen-bond acceptors (Lipinski definition) is 5. The number of nitrogens with one attached hydrogen (secondary N) is 1. The van der Waals surface area contributed by atoms with Gasteiger partial charge in [-0.3, -0.25) is 9.36 Å². The van der Waals surface area contributed by atoms with Gasteiger partial charge in [-0.15, -0.1) is 10.2 Å². The van der Waals surface area contributed by atoms with Gasteiger partial charge in [0.25, 0.3) is 5.91 Å². The molecule has 0 spiro atoms. The summed E-state index contributed by atoms with van der Waals surface area (Å²) >= 11 is 1.62. The third-order valence-corrected chi connectivity index (χ3v) is 6.75. The molecule has 7 heteroatoms. The normalized spacial score (nSPS) is 13.0. The molecule has 1 aliphatic rings. The van der Waals surface area contributed by atoms with Crippen LogP contribution in [0, 0.1) is 6.92 Å². The summed E-state index contributed by atoms with van der Waals surface area (Å²) < 4.78 is 7.49. The second-order valence-electron chi connectivity index (χ2n) is 8.44. The number of rotatable bonds is 8. The lowest BCUT2D eigenvalue weighted by atomic mass is 10.1. The number of methoxy groups -OCH3 is 1. The van der Waals surface area contributed by atoms with Crippen LogP contribution in [0.1, 0.15) is 34.3 Å². The van der Waals surface area contributed by atoms with Gasteiger partial charge in [0, 0.05) is 28.6 Å². The number of carbonyl (C=O) groups excluding carboxylic acids is 1. The van der Waals surface area contributed by atoms with Crippen molar-refractivity contribution in [1.29, 1.82) is 0 Å². The fraction of sp³-hybridized carbons (Fsp3) is 0.222. The molecule has 1 aliphatic carbocycles. The van der Waals surface area contributed by atoms with Gasteiger partial charge in [0.05, 0.1) is 7.11 Å². The summed E-state index contributed by atoms with van der Waals surface area (Å²) in [5.74, 6) is 2.25. The Morgan fingerprint density at radius 3 is 2.53 bits per heavy atom. The molecule has 1 aromatic heterocycles. The van der Waals surface area contributed by atoms with Crippen molar-refractivity contribution < 1.29 is 9.53 Å². The molecular formula is C27H26N4O2S. The van der Waals surface area contributed by atoms with Gasteiger partial charge in [0.15, 0.2) is 11.0 Å². The molecule has 0 saturated heterocycles. The van der Waals surface area contributed by atoms with E-state index in [1.165, 1.54) is 5.56 Å². The number of aromatic nitrogens is 3. The van der Waals surface area contributed by atoms with E-state index < -0.39 is 0 Å². The van der Waals surface area contributed by atoms with Gasteiger partial charge in [-0.1, -0.05) is 53.7 Å². The van der Waals surface area contributed by atoms with E-state index in [0.717, 1.165) is 46.4 Å². The van der Waals surface area contributed by atoms with E-state index >= 15 is 0 Å². The maximum atomic E-state index is 12.2. The van der Waals surface area contributed by atoms with Crippen molar-refractivity contribution in [3.05, 3.63) is 89.5 Å². The minimum Gasteiger partial charge on any atom is -0.497 e.